The second kappa shape index (κ2) is 12.2. The summed E-state index contributed by atoms with van der Waals surface area (Å²) in [5.74, 6) is 0. The van der Waals surface area contributed by atoms with Crippen molar-refractivity contribution in [1.82, 2.24) is 0 Å². The van der Waals surface area contributed by atoms with Crippen LogP contribution in [0.2, 0.25) is 19.1 Å². The van der Waals surface area contributed by atoms with Crippen molar-refractivity contribution in [2.75, 3.05) is 6.61 Å². The van der Waals surface area contributed by atoms with Crippen LogP contribution < -0.4 is 0 Å². The minimum absolute atomic E-state index is 0.993. The molecule has 0 aliphatic rings. The summed E-state index contributed by atoms with van der Waals surface area (Å²) in [7, 11) is -1.25. The minimum atomic E-state index is -1.25. The van der Waals surface area contributed by atoms with E-state index >= 15 is 0 Å². The van der Waals surface area contributed by atoms with Crippen LogP contribution in [-0.4, -0.2) is 14.9 Å². The lowest BCUT2D eigenvalue weighted by atomic mass is 10.3. The first-order valence-corrected chi connectivity index (χ1v) is 9.98. The van der Waals surface area contributed by atoms with Gasteiger partial charge in [-0.1, -0.05) is 39.7 Å². The Labute approximate surface area is 110 Å². The van der Waals surface area contributed by atoms with Gasteiger partial charge in [-0.3, -0.25) is 0 Å². The van der Waals surface area contributed by atoms with Crippen LogP contribution in [0.3, 0.4) is 0 Å². The van der Waals surface area contributed by atoms with Crippen LogP contribution in [-0.2, 0) is 4.43 Å². The van der Waals surface area contributed by atoms with E-state index in [4.69, 9.17) is 4.43 Å². The predicted octanol–water partition coefficient (Wildman–Crippen LogP) is 5.55. The van der Waals surface area contributed by atoms with E-state index in [2.05, 4.69) is 39.3 Å². The number of unbranched alkanes of at least 4 members (excludes halogenated alkanes) is 2. The fourth-order valence-corrected chi connectivity index (χ4v) is 3.42. The van der Waals surface area contributed by atoms with Crippen molar-refractivity contribution >= 4 is 8.32 Å². The van der Waals surface area contributed by atoms with Crippen LogP contribution in [0.25, 0.3) is 0 Å². The van der Waals surface area contributed by atoms with Crippen molar-refractivity contribution in [3.8, 4) is 0 Å². The van der Waals surface area contributed by atoms with E-state index in [9.17, 15) is 0 Å². The Balaban J connectivity index is 0. The molecule has 0 amide bonds. The Hall–Kier alpha value is -0.303. The summed E-state index contributed by atoms with van der Waals surface area (Å²) in [6.07, 6.45) is 5.12. The quantitative estimate of drug-likeness (QED) is 0.330. The molecule has 0 atom stereocenters. The fraction of sp³-hybridized carbons (Fsp3) is 0.800. The Kier molecular flexibility index (Phi) is 13.6. The third kappa shape index (κ3) is 18.3. The summed E-state index contributed by atoms with van der Waals surface area (Å²) in [6.45, 7) is 17.4. The highest BCUT2D eigenvalue weighted by Crippen LogP contribution is 2.13. The zero-order valence-corrected chi connectivity index (χ0v) is 13.9. The van der Waals surface area contributed by atoms with Crippen molar-refractivity contribution in [2.45, 2.75) is 72.5 Å². The highest BCUT2D eigenvalue weighted by molar-refractivity contribution is 6.71. The average molecular weight is 257 g/mol. The molecule has 0 bridgehead atoms. The number of rotatable bonds is 7. The summed E-state index contributed by atoms with van der Waals surface area (Å²) >= 11 is 0. The molecule has 102 valence electrons. The van der Waals surface area contributed by atoms with E-state index in [0.29, 0.717) is 0 Å². The second-order valence-corrected chi connectivity index (χ2v) is 9.55. The van der Waals surface area contributed by atoms with Gasteiger partial charge in [0, 0.05) is 6.61 Å². The normalized spacial score (nSPS) is 10.2. The van der Waals surface area contributed by atoms with E-state index < -0.39 is 8.32 Å². The van der Waals surface area contributed by atoms with Gasteiger partial charge < -0.3 is 4.43 Å². The van der Waals surface area contributed by atoms with Crippen LogP contribution >= 0.6 is 0 Å². The molecule has 0 spiro atoms. The number of hydrogen-bond acceptors (Lipinski definition) is 1. The lowest BCUT2D eigenvalue weighted by Gasteiger charge is -2.21. The van der Waals surface area contributed by atoms with Gasteiger partial charge in [-0.25, -0.2) is 0 Å². The first-order valence-electron chi connectivity index (χ1n) is 6.86. The molecule has 1 nitrogen and oxygen atoms in total. The lowest BCUT2D eigenvalue weighted by molar-refractivity contribution is 0.295. The van der Waals surface area contributed by atoms with Gasteiger partial charge in [0.15, 0.2) is 8.32 Å². The summed E-state index contributed by atoms with van der Waals surface area (Å²) in [4.78, 5) is 0. The third-order valence-electron chi connectivity index (χ3n) is 2.45. The Bertz CT molecular complexity index is 211. The van der Waals surface area contributed by atoms with Gasteiger partial charge in [-0.2, -0.15) is 0 Å². The van der Waals surface area contributed by atoms with Gasteiger partial charge in [0.2, 0.25) is 0 Å². The summed E-state index contributed by atoms with van der Waals surface area (Å²) in [6, 6.07) is 1.30. The third-order valence-corrected chi connectivity index (χ3v) is 5.14. The monoisotopic (exact) mass is 256 g/mol. The first-order chi connectivity index (χ1) is 7.89. The molecule has 0 saturated heterocycles. The molecular weight excluding hydrogens is 224 g/mol. The SMILES string of the molecule is C=C=C(C)C.CCCCCO[Si](C)(C)CCC. The van der Waals surface area contributed by atoms with Crippen molar-refractivity contribution in [2.24, 2.45) is 0 Å². The summed E-state index contributed by atoms with van der Waals surface area (Å²) in [5, 5.41) is 0. The maximum absolute atomic E-state index is 5.91. The molecule has 0 aromatic carbocycles. The van der Waals surface area contributed by atoms with Crippen LogP contribution in [0.1, 0.15) is 53.4 Å². The lowest BCUT2D eigenvalue weighted by Crippen LogP contribution is -2.30. The maximum Gasteiger partial charge on any atom is 0.186 e. The predicted molar refractivity (Wildman–Crippen MR) is 82.1 cm³/mol. The zero-order valence-electron chi connectivity index (χ0n) is 12.9. The van der Waals surface area contributed by atoms with E-state index in [0.717, 1.165) is 12.2 Å². The first kappa shape index (κ1) is 19.0. The van der Waals surface area contributed by atoms with Crippen LogP contribution in [0.15, 0.2) is 17.9 Å². The maximum atomic E-state index is 5.91. The summed E-state index contributed by atoms with van der Waals surface area (Å²) < 4.78 is 5.91. The fourth-order valence-electron chi connectivity index (χ4n) is 1.37. The van der Waals surface area contributed by atoms with Gasteiger partial charge in [-0.05, 0) is 45.0 Å². The van der Waals surface area contributed by atoms with Crippen molar-refractivity contribution in [3.63, 3.8) is 0 Å². The standard InChI is InChI=1S/C10H24OSi.C5H8/c1-5-7-8-9-11-12(3,4)10-6-2;1-4-5(2)3/h5-10H2,1-4H3;1H2,2-3H3. The largest absolute Gasteiger partial charge is 0.417 e. The highest BCUT2D eigenvalue weighted by Gasteiger charge is 2.19. The molecule has 17 heavy (non-hydrogen) atoms. The molecule has 0 rings (SSSR count). The molecule has 0 aliphatic carbocycles. The second-order valence-electron chi connectivity index (χ2n) is 5.24. The van der Waals surface area contributed by atoms with Gasteiger partial charge in [0.1, 0.15) is 0 Å². The van der Waals surface area contributed by atoms with E-state index in [1.54, 1.807) is 0 Å². The van der Waals surface area contributed by atoms with Gasteiger partial charge in [0.05, 0.1) is 0 Å². The molecule has 0 fully saturated rings. The van der Waals surface area contributed by atoms with Crippen molar-refractivity contribution in [3.05, 3.63) is 17.9 Å². The molecule has 0 radical (unpaired) electrons. The van der Waals surface area contributed by atoms with Crippen molar-refractivity contribution < 1.29 is 4.43 Å². The molecule has 2 heteroatoms. The Morgan fingerprint density at radius 3 is 2.00 bits per heavy atom. The van der Waals surface area contributed by atoms with Crippen LogP contribution in [0.4, 0.5) is 0 Å². The summed E-state index contributed by atoms with van der Waals surface area (Å²) in [5.41, 5.74) is 3.84. The van der Waals surface area contributed by atoms with Gasteiger partial charge in [-0.15, -0.1) is 5.73 Å². The van der Waals surface area contributed by atoms with Gasteiger partial charge >= 0.3 is 0 Å². The van der Waals surface area contributed by atoms with Crippen LogP contribution in [0, 0.1) is 0 Å². The van der Waals surface area contributed by atoms with E-state index in [1.165, 1.54) is 31.7 Å². The minimum Gasteiger partial charge on any atom is -0.417 e. The van der Waals surface area contributed by atoms with E-state index in [-0.39, 0.29) is 0 Å². The van der Waals surface area contributed by atoms with Gasteiger partial charge in [0.25, 0.3) is 0 Å². The molecule has 0 N–H and O–H groups in total. The average Bonchev–Trinajstić information content (AvgIpc) is 2.25. The topological polar surface area (TPSA) is 9.23 Å². The van der Waals surface area contributed by atoms with Crippen molar-refractivity contribution in [1.29, 1.82) is 0 Å². The molecule has 0 unspecified atom stereocenters. The van der Waals surface area contributed by atoms with E-state index in [1.807, 2.05) is 13.8 Å². The molecule has 0 aromatic rings. The molecular formula is C15H32OSi. The highest BCUT2D eigenvalue weighted by atomic mass is 28.4. The number of allylic oxidation sites excluding steroid dienone is 1. The number of hydrogen-bond donors (Lipinski definition) is 0. The smallest absolute Gasteiger partial charge is 0.186 e. The molecule has 0 heterocycles. The van der Waals surface area contributed by atoms with Crippen LogP contribution in [0.5, 0.6) is 0 Å². The molecule has 0 saturated carbocycles. The Morgan fingerprint density at radius 1 is 1.12 bits per heavy atom. The molecule has 0 aliphatic heterocycles. The molecule has 0 aromatic heterocycles. The Morgan fingerprint density at radius 2 is 1.65 bits per heavy atom. The zero-order chi connectivity index (χ0) is 13.7.